The summed E-state index contributed by atoms with van der Waals surface area (Å²) in [7, 11) is 3.14. The van der Waals surface area contributed by atoms with Gasteiger partial charge in [-0.3, -0.25) is 19.8 Å². The van der Waals surface area contributed by atoms with Crippen LogP contribution in [0.4, 0.5) is 15.8 Å². The molecule has 1 N–H and O–H groups in total. The number of benzene rings is 2. The number of rotatable bonds is 6. The standard InChI is InChI=1S/C20H23FN4O4/c1-22-17-5-3-14(12-18(17)25(27)28)20(26)24-9-7-23(8-10-24)13-15-11-16(21)4-6-19(15)29-2/h3-6,11-12,22H,7-10,13H2,1-2H3. The number of nitrogens with zero attached hydrogens (tertiary/aromatic N) is 3. The molecule has 1 fully saturated rings. The van der Waals surface area contributed by atoms with Gasteiger partial charge in [0.15, 0.2) is 0 Å². The van der Waals surface area contributed by atoms with Gasteiger partial charge in [-0.2, -0.15) is 0 Å². The van der Waals surface area contributed by atoms with Gasteiger partial charge >= 0.3 is 0 Å². The molecule has 29 heavy (non-hydrogen) atoms. The molecule has 0 spiro atoms. The summed E-state index contributed by atoms with van der Waals surface area (Å²) in [6, 6.07) is 8.85. The van der Waals surface area contributed by atoms with Crippen LogP contribution in [-0.4, -0.2) is 61.0 Å². The SMILES string of the molecule is CNc1ccc(C(=O)N2CCN(Cc3cc(F)ccc3OC)CC2)cc1[N+](=O)[O-]. The molecular formula is C20H23FN4O4. The Morgan fingerprint density at radius 2 is 1.93 bits per heavy atom. The second kappa shape index (κ2) is 8.87. The molecule has 154 valence electrons. The van der Waals surface area contributed by atoms with E-state index in [2.05, 4.69) is 10.2 Å². The number of nitro groups is 1. The van der Waals surface area contributed by atoms with Gasteiger partial charge in [-0.05, 0) is 30.3 Å². The predicted molar refractivity (Wildman–Crippen MR) is 107 cm³/mol. The number of piperazine rings is 1. The van der Waals surface area contributed by atoms with Crippen LogP contribution in [0.2, 0.25) is 0 Å². The normalized spacial score (nSPS) is 14.5. The van der Waals surface area contributed by atoms with E-state index < -0.39 is 4.92 Å². The third kappa shape index (κ3) is 4.62. The maximum Gasteiger partial charge on any atom is 0.293 e. The molecule has 0 unspecified atom stereocenters. The zero-order valence-electron chi connectivity index (χ0n) is 16.4. The first-order valence-corrected chi connectivity index (χ1v) is 9.23. The molecular weight excluding hydrogens is 379 g/mol. The summed E-state index contributed by atoms with van der Waals surface area (Å²) in [5.74, 6) is 0.0711. The van der Waals surface area contributed by atoms with E-state index in [0.717, 1.165) is 5.56 Å². The van der Waals surface area contributed by atoms with Gasteiger partial charge in [0, 0.05) is 57.0 Å². The summed E-state index contributed by atoms with van der Waals surface area (Å²) in [6.07, 6.45) is 0. The lowest BCUT2D eigenvalue weighted by Gasteiger charge is -2.35. The molecule has 2 aromatic carbocycles. The maximum absolute atomic E-state index is 13.6. The second-order valence-corrected chi connectivity index (χ2v) is 6.76. The van der Waals surface area contributed by atoms with Gasteiger partial charge in [0.05, 0.1) is 12.0 Å². The summed E-state index contributed by atoms with van der Waals surface area (Å²) in [4.78, 5) is 27.3. The molecule has 0 bridgehead atoms. The van der Waals surface area contributed by atoms with Crippen molar-refractivity contribution in [3.63, 3.8) is 0 Å². The molecule has 1 saturated heterocycles. The van der Waals surface area contributed by atoms with Crippen LogP contribution in [0.15, 0.2) is 36.4 Å². The zero-order chi connectivity index (χ0) is 21.0. The summed E-state index contributed by atoms with van der Waals surface area (Å²) < 4.78 is 18.8. The monoisotopic (exact) mass is 402 g/mol. The Labute approximate surface area is 168 Å². The van der Waals surface area contributed by atoms with E-state index in [4.69, 9.17) is 4.74 Å². The first-order valence-electron chi connectivity index (χ1n) is 9.23. The Morgan fingerprint density at radius 3 is 2.55 bits per heavy atom. The minimum atomic E-state index is -0.507. The molecule has 1 aliphatic rings. The number of carbonyl (C=O) groups excluding carboxylic acids is 1. The summed E-state index contributed by atoms with van der Waals surface area (Å²) in [5.41, 5.74) is 1.28. The van der Waals surface area contributed by atoms with Crippen LogP contribution in [0.5, 0.6) is 5.75 Å². The number of anilines is 1. The molecule has 9 heteroatoms. The van der Waals surface area contributed by atoms with E-state index >= 15 is 0 Å². The van der Waals surface area contributed by atoms with Crippen molar-refractivity contribution < 1.29 is 18.8 Å². The van der Waals surface area contributed by atoms with Crippen molar-refractivity contribution in [3.8, 4) is 5.75 Å². The summed E-state index contributed by atoms with van der Waals surface area (Å²) in [5, 5.41) is 14.0. The Morgan fingerprint density at radius 1 is 1.21 bits per heavy atom. The van der Waals surface area contributed by atoms with Gasteiger partial charge in [0.25, 0.3) is 11.6 Å². The molecule has 0 saturated carbocycles. The Balaban J connectivity index is 1.65. The van der Waals surface area contributed by atoms with Crippen LogP contribution in [0.3, 0.4) is 0 Å². The van der Waals surface area contributed by atoms with E-state index in [1.807, 2.05) is 0 Å². The lowest BCUT2D eigenvalue weighted by atomic mass is 10.1. The van der Waals surface area contributed by atoms with Crippen molar-refractivity contribution in [1.82, 2.24) is 9.80 Å². The van der Waals surface area contributed by atoms with Crippen LogP contribution in [0.25, 0.3) is 0 Å². The molecule has 3 rings (SSSR count). The summed E-state index contributed by atoms with van der Waals surface area (Å²) >= 11 is 0. The quantitative estimate of drug-likeness (QED) is 0.591. The number of halogens is 1. The van der Waals surface area contributed by atoms with Crippen molar-refractivity contribution in [2.24, 2.45) is 0 Å². The van der Waals surface area contributed by atoms with Crippen LogP contribution in [0, 0.1) is 15.9 Å². The van der Waals surface area contributed by atoms with Crippen molar-refractivity contribution in [2.75, 3.05) is 45.7 Å². The van der Waals surface area contributed by atoms with Crippen molar-refractivity contribution in [3.05, 3.63) is 63.5 Å². The number of hydrogen-bond donors (Lipinski definition) is 1. The highest BCUT2D eigenvalue weighted by Crippen LogP contribution is 2.26. The third-order valence-electron chi connectivity index (χ3n) is 5.01. The van der Waals surface area contributed by atoms with Crippen molar-refractivity contribution in [1.29, 1.82) is 0 Å². The van der Waals surface area contributed by atoms with Gasteiger partial charge < -0.3 is 15.0 Å². The Hall–Kier alpha value is -3.20. The van der Waals surface area contributed by atoms with E-state index in [0.29, 0.717) is 44.2 Å². The Bertz CT molecular complexity index is 913. The molecule has 0 aliphatic carbocycles. The van der Waals surface area contributed by atoms with E-state index in [9.17, 15) is 19.3 Å². The van der Waals surface area contributed by atoms with Gasteiger partial charge in [-0.1, -0.05) is 0 Å². The van der Waals surface area contributed by atoms with Crippen LogP contribution < -0.4 is 10.1 Å². The smallest absolute Gasteiger partial charge is 0.293 e. The molecule has 2 aromatic rings. The van der Waals surface area contributed by atoms with Gasteiger partial charge in [-0.15, -0.1) is 0 Å². The number of carbonyl (C=O) groups is 1. The first-order chi connectivity index (χ1) is 13.9. The van der Waals surface area contributed by atoms with Crippen molar-refractivity contribution in [2.45, 2.75) is 6.54 Å². The minimum Gasteiger partial charge on any atom is -0.496 e. The van der Waals surface area contributed by atoms with E-state index in [1.54, 1.807) is 31.2 Å². The number of nitro benzene ring substituents is 1. The maximum atomic E-state index is 13.6. The lowest BCUT2D eigenvalue weighted by Crippen LogP contribution is -2.48. The van der Waals surface area contributed by atoms with Crippen LogP contribution >= 0.6 is 0 Å². The molecule has 0 atom stereocenters. The molecule has 1 amide bonds. The van der Waals surface area contributed by atoms with Crippen molar-refractivity contribution >= 4 is 17.3 Å². The number of amides is 1. The molecule has 0 aromatic heterocycles. The highest BCUT2D eigenvalue weighted by molar-refractivity contribution is 5.95. The van der Waals surface area contributed by atoms with Crippen LogP contribution in [-0.2, 0) is 6.54 Å². The number of methoxy groups -OCH3 is 1. The average molecular weight is 402 g/mol. The second-order valence-electron chi connectivity index (χ2n) is 6.76. The first kappa shape index (κ1) is 20.5. The molecule has 8 nitrogen and oxygen atoms in total. The van der Waals surface area contributed by atoms with E-state index in [1.165, 1.54) is 24.3 Å². The largest absolute Gasteiger partial charge is 0.496 e. The minimum absolute atomic E-state index is 0.129. The fourth-order valence-corrected chi connectivity index (χ4v) is 3.43. The van der Waals surface area contributed by atoms with Gasteiger partial charge in [0.2, 0.25) is 0 Å². The van der Waals surface area contributed by atoms with Gasteiger partial charge in [0.1, 0.15) is 17.3 Å². The molecule has 0 radical (unpaired) electrons. The molecule has 1 aliphatic heterocycles. The molecule has 1 heterocycles. The highest BCUT2D eigenvalue weighted by Gasteiger charge is 2.25. The topological polar surface area (TPSA) is 88.0 Å². The fraction of sp³-hybridized carbons (Fsp3) is 0.350. The average Bonchev–Trinajstić information content (AvgIpc) is 2.73. The number of ether oxygens (including phenoxy) is 1. The predicted octanol–water partition coefficient (Wildman–Crippen LogP) is 2.74. The lowest BCUT2D eigenvalue weighted by molar-refractivity contribution is -0.384. The summed E-state index contributed by atoms with van der Waals surface area (Å²) in [6.45, 7) is 2.71. The Kier molecular flexibility index (Phi) is 6.28. The number of nitrogens with one attached hydrogen (secondary N) is 1. The highest BCUT2D eigenvalue weighted by atomic mass is 19.1. The van der Waals surface area contributed by atoms with Crippen LogP contribution in [0.1, 0.15) is 15.9 Å². The zero-order valence-corrected chi connectivity index (χ0v) is 16.4. The van der Waals surface area contributed by atoms with E-state index in [-0.39, 0.29) is 23.0 Å². The fourth-order valence-electron chi connectivity index (χ4n) is 3.43. The van der Waals surface area contributed by atoms with Gasteiger partial charge in [-0.25, -0.2) is 4.39 Å². The number of hydrogen-bond acceptors (Lipinski definition) is 6. The third-order valence-corrected chi connectivity index (χ3v) is 5.01.